The van der Waals surface area contributed by atoms with Crippen molar-refractivity contribution >= 4 is 23.2 Å². The molecule has 0 saturated carbocycles. The molecule has 96 valence electrons. The number of carbonyl (C=O) groups is 1. The number of nitriles is 1. The van der Waals surface area contributed by atoms with Crippen molar-refractivity contribution < 1.29 is 4.79 Å². The molecule has 0 aliphatic heterocycles. The quantitative estimate of drug-likeness (QED) is 0.934. The van der Waals surface area contributed by atoms with Crippen LogP contribution in [0.15, 0.2) is 30.5 Å². The number of carbonyl (C=O) groups excluding carboxylic acids is 1. The molecule has 0 unspecified atom stereocenters. The van der Waals surface area contributed by atoms with Crippen LogP contribution in [0.4, 0.5) is 5.69 Å². The van der Waals surface area contributed by atoms with Crippen LogP contribution >= 0.6 is 11.6 Å². The van der Waals surface area contributed by atoms with Gasteiger partial charge in [0.1, 0.15) is 6.54 Å². The fourth-order valence-electron chi connectivity index (χ4n) is 1.59. The molecule has 2 aromatic rings. The first-order chi connectivity index (χ1) is 9.10. The third-order valence-corrected chi connectivity index (χ3v) is 2.98. The fourth-order valence-corrected chi connectivity index (χ4v) is 1.73. The van der Waals surface area contributed by atoms with E-state index in [2.05, 4.69) is 10.4 Å². The number of hydrogen-bond acceptors (Lipinski definition) is 3. The predicted molar refractivity (Wildman–Crippen MR) is 71.8 cm³/mol. The maximum absolute atomic E-state index is 11.8. The average Bonchev–Trinajstić information content (AvgIpc) is 2.71. The van der Waals surface area contributed by atoms with Crippen molar-refractivity contribution in [3.05, 3.63) is 46.7 Å². The highest BCUT2D eigenvalue weighted by Gasteiger charge is 2.09. The van der Waals surface area contributed by atoms with Crippen LogP contribution < -0.4 is 5.32 Å². The van der Waals surface area contributed by atoms with E-state index >= 15 is 0 Å². The maximum atomic E-state index is 11.8. The number of anilines is 1. The Labute approximate surface area is 115 Å². The van der Waals surface area contributed by atoms with Crippen molar-refractivity contribution in [2.75, 3.05) is 5.32 Å². The van der Waals surface area contributed by atoms with Crippen molar-refractivity contribution in [1.82, 2.24) is 9.78 Å². The summed E-state index contributed by atoms with van der Waals surface area (Å²) in [5.74, 6) is -0.224. The summed E-state index contributed by atoms with van der Waals surface area (Å²) in [5.41, 5.74) is 1.82. The van der Waals surface area contributed by atoms with E-state index in [9.17, 15) is 4.79 Å². The molecule has 6 heteroatoms. The minimum absolute atomic E-state index is 0.0787. The van der Waals surface area contributed by atoms with Gasteiger partial charge in [-0.05, 0) is 25.1 Å². The first-order valence-corrected chi connectivity index (χ1v) is 5.96. The van der Waals surface area contributed by atoms with Gasteiger partial charge in [-0.2, -0.15) is 10.4 Å². The molecule has 0 radical (unpaired) electrons. The zero-order valence-electron chi connectivity index (χ0n) is 10.2. The molecule has 1 N–H and O–H groups in total. The van der Waals surface area contributed by atoms with E-state index in [1.54, 1.807) is 31.2 Å². The van der Waals surface area contributed by atoms with E-state index in [-0.39, 0.29) is 12.5 Å². The highest BCUT2D eigenvalue weighted by Crippen LogP contribution is 2.14. The van der Waals surface area contributed by atoms with E-state index in [0.29, 0.717) is 16.3 Å². The lowest BCUT2D eigenvalue weighted by Crippen LogP contribution is -2.20. The molecular formula is C13H11ClN4O. The summed E-state index contributed by atoms with van der Waals surface area (Å²) in [5, 5.41) is 16.0. The fraction of sp³-hybridized carbons (Fsp3) is 0.154. The van der Waals surface area contributed by atoms with Crippen LogP contribution in [0.3, 0.4) is 0 Å². The van der Waals surface area contributed by atoms with Crippen molar-refractivity contribution in [3.63, 3.8) is 0 Å². The van der Waals surface area contributed by atoms with E-state index in [0.717, 1.165) is 5.69 Å². The number of rotatable bonds is 3. The minimum Gasteiger partial charge on any atom is -0.324 e. The van der Waals surface area contributed by atoms with Crippen molar-refractivity contribution in [1.29, 1.82) is 5.26 Å². The summed E-state index contributed by atoms with van der Waals surface area (Å²) < 4.78 is 1.52. The van der Waals surface area contributed by atoms with E-state index in [4.69, 9.17) is 16.9 Å². The van der Waals surface area contributed by atoms with E-state index in [1.807, 2.05) is 6.07 Å². The van der Waals surface area contributed by atoms with Gasteiger partial charge in [0.05, 0.1) is 28.5 Å². The second-order valence-electron chi connectivity index (χ2n) is 3.98. The van der Waals surface area contributed by atoms with Crippen LogP contribution in [0.2, 0.25) is 5.02 Å². The average molecular weight is 275 g/mol. The number of nitrogens with one attached hydrogen (secondary N) is 1. The Kier molecular flexibility index (Phi) is 3.83. The van der Waals surface area contributed by atoms with Gasteiger partial charge in [0.25, 0.3) is 0 Å². The first-order valence-electron chi connectivity index (χ1n) is 5.58. The van der Waals surface area contributed by atoms with Crippen molar-refractivity contribution in [3.8, 4) is 6.07 Å². The van der Waals surface area contributed by atoms with Gasteiger partial charge in [0, 0.05) is 5.69 Å². The minimum atomic E-state index is -0.224. The molecule has 0 bridgehead atoms. The van der Waals surface area contributed by atoms with Gasteiger partial charge in [0.15, 0.2) is 0 Å². The van der Waals surface area contributed by atoms with Gasteiger partial charge in [-0.25, -0.2) is 0 Å². The summed E-state index contributed by atoms with van der Waals surface area (Å²) in [7, 11) is 0. The van der Waals surface area contributed by atoms with Crippen LogP contribution in [-0.4, -0.2) is 15.7 Å². The van der Waals surface area contributed by atoms with Crippen molar-refractivity contribution in [2.24, 2.45) is 0 Å². The molecule has 0 spiro atoms. The van der Waals surface area contributed by atoms with E-state index < -0.39 is 0 Å². The highest BCUT2D eigenvalue weighted by molar-refractivity contribution is 6.31. The molecule has 1 aromatic heterocycles. The van der Waals surface area contributed by atoms with Gasteiger partial charge in [-0.1, -0.05) is 17.7 Å². The molecule has 19 heavy (non-hydrogen) atoms. The molecule has 5 nitrogen and oxygen atoms in total. The van der Waals surface area contributed by atoms with Crippen molar-refractivity contribution in [2.45, 2.75) is 13.5 Å². The molecule has 0 aliphatic carbocycles. The van der Waals surface area contributed by atoms with Gasteiger partial charge in [0.2, 0.25) is 5.91 Å². The number of halogens is 1. The summed E-state index contributed by atoms with van der Waals surface area (Å²) >= 11 is 5.86. The van der Waals surface area contributed by atoms with Crippen LogP contribution in [0.1, 0.15) is 11.3 Å². The van der Waals surface area contributed by atoms with Gasteiger partial charge in [-0.15, -0.1) is 0 Å². The van der Waals surface area contributed by atoms with Crippen LogP contribution in [0.5, 0.6) is 0 Å². The van der Waals surface area contributed by atoms with Crippen LogP contribution in [0, 0.1) is 18.3 Å². The largest absolute Gasteiger partial charge is 0.324 e. The molecule has 2 rings (SSSR count). The topological polar surface area (TPSA) is 70.7 Å². The number of aromatic nitrogens is 2. The lowest BCUT2D eigenvalue weighted by Gasteiger charge is -2.07. The molecule has 0 fully saturated rings. The molecule has 0 saturated heterocycles. The first kappa shape index (κ1) is 13.1. The third kappa shape index (κ3) is 3.12. The smallest absolute Gasteiger partial charge is 0.246 e. The predicted octanol–water partition coefficient (Wildman–Crippen LogP) is 2.36. The Morgan fingerprint density at radius 2 is 2.37 bits per heavy atom. The second-order valence-corrected chi connectivity index (χ2v) is 4.38. The number of benzene rings is 1. The van der Waals surface area contributed by atoms with Crippen LogP contribution in [-0.2, 0) is 11.3 Å². The highest BCUT2D eigenvalue weighted by atomic mass is 35.5. The molecule has 0 aliphatic rings. The monoisotopic (exact) mass is 274 g/mol. The normalized spacial score (nSPS) is 9.95. The molecule has 0 atom stereocenters. The molecule has 1 aromatic carbocycles. The summed E-state index contributed by atoms with van der Waals surface area (Å²) in [4.78, 5) is 11.8. The summed E-state index contributed by atoms with van der Waals surface area (Å²) in [6.07, 6.45) is 1.50. The third-order valence-electron chi connectivity index (χ3n) is 2.61. The second kappa shape index (κ2) is 5.55. The van der Waals surface area contributed by atoms with E-state index in [1.165, 1.54) is 10.9 Å². The lowest BCUT2D eigenvalue weighted by molar-refractivity contribution is -0.116. The lowest BCUT2D eigenvalue weighted by atomic mass is 10.2. The standard InChI is InChI=1S/C13H11ClN4O/c1-9-12(14)7-16-18(9)8-13(19)17-11-4-2-3-10(5-11)6-15/h2-5,7H,8H2,1H3,(H,17,19). The summed E-state index contributed by atoms with van der Waals surface area (Å²) in [6, 6.07) is 8.74. The zero-order chi connectivity index (χ0) is 13.8. The van der Waals surface area contributed by atoms with Gasteiger partial charge < -0.3 is 5.32 Å². The Morgan fingerprint density at radius 1 is 1.58 bits per heavy atom. The maximum Gasteiger partial charge on any atom is 0.246 e. The number of amides is 1. The van der Waals surface area contributed by atoms with Crippen LogP contribution in [0.25, 0.3) is 0 Å². The molecule has 1 amide bonds. The number of hydrogen-bond donors (Lipinski definition) is 1. The van der Waals surface area contributed by atoms with Gasteiger partial charge >= 0.3 is 0 Å². The Balaban J connectivity index is 2.05. The molecule has 1 heterocycles. The Morgan fingerprint density at radius 3 is 3.00 bits per heavy atom. The van der Waals surface area contributed by atoms with Gasteiger partial charge in [-0.3, -0.25) is 9.48 Å². The summed E-state index contributed by atoms with van der Waals surface area (Å²) in [6.45, 7) is 1.87. The SMILES string of the molecule is Cc1c(Cl)cnn1CC(=O)Nc1cccc(C#N)c1. The Bertz CT molecular complexity index is 657. The zero-order valence-corrected chi connectivity index (χ0v) is 11.0. The number of nitrogens with zero attached hydrogens (tertiary/aromatic N) is 3. The molecular weight excluding hydrogens is 264 g/mol. The Hall–Kier alpha value is -2.32.